The van der Waals surface area contributed by atoms with Crippen LogP contribution in [0.15, 0.2) is 24.3 Å². The van der Waals surface area contributed by atoms with Crippen LogP contribution in [0, 0.1) is 0 Å². The number of aromatic nitrogens is 3. The summed E-state index contributed by atoms with van der Waals surface area (Å²) in [7, 11) is 0. The summed E-state index contributed by atoms with van der Waals surface area (Å²) in [5.74, 6) is -188. The van der Waals surface area contributed by atoms with Crippen molar-refractivity contribution in [2.75, 3.05) is 13.2 Å². The minimum absolute atomic E-state index is 1.81. The lowest BCUT2D eigenvalue weighted by Gasteiger charge is -2.41. The first kappa shape index (κ1) is 83.9. The number of hydrogen-bond donors (Lipinski definition) is 0. The molecule has 536 valence electrons. The Hall–Kier alpha value is -5.12. The van der Waals surface area contributed by atoms with E-state index in [0.29, 0.717) is 0 Å². The minimum Gasteiger partial charge on any atom is -0.463 e. The highest BCUT2D eigenvalue weighted by Gasteiger charge is 2.95. The third kappa shape index (κ3) is 12.6. The lowest BCUT2D eigenvalue weighted by atomic mass is 9.89. The molecule has 0 N–H and O–H groups in total. The standard InChI is InChI=1S/C35H12ClF50N3O2/c36-9-87-10(90-7-5-16(45,46)22(57,58)26(65,66)24(61,62)18(49,50)12(37,38)1-3-14(41,42)20(53,54)28(69,70)30(73,74)32(77,78)34(81,82)83)89-11(88-9)91-8-6-17(47,48)23(59,60)27(67,68)25(63,64)19(51,52)13(39,40)2-4-15(43,44)21(55,56)29(71,72)31(75,76)33(79,80)35(84,85)86/h1-4H,5-8H2/b3-1+,4-2+. The molecule has 0 atom stereocenters. The lowest BCUT2D eigenvalue weighted by molar-refractivity contribution is -0.436. The molecule has 0 fully saturated rings. The molecule has 1 rings (SSSR count). The van der Waals surface area contributed by atoms with E-state index in [0.717, 1.165) is 0 Å². The van der Waals surface area contributed by atoms with E-state index in [1.165, 1.54) is 0 Å². The maximum atomic E-state index is 14.4. The van der Waals surface area contributed by atoms with Gasteiger partial charge in [0.05, 0.1) is 26.1 Å². The Morgan fingerprint density at radius 1 is 0.231 bits per heavy atom. The summed E-state index contributed by atoms with van der Waals surface area (Å²) < 4.78 is 693. The van der Waals surface area contributed by atoms with Gasteiger partial charge in [-0.05, 0) is 35.9 Å². The molecule has 0 unspecified atom stereocenters. The second-order valence-electron chi connectivity index (χ2n) is 17.1. The highest BCUT2D eigenvalue weighted by molar-refractivity contribution is 6.28. The SMILES string of the molecule is FC(F)(F)C(F)(F)C(F)(F)C(F)(F)C(F)(F)C(F)(F)/C=C/C(F)(F)C(F)(F)C(F)(F)C(F)(F)C(F)(F)C(F)(F)CCOc1nc(Cl)nc(OCCC(F)(F)C(F)(F)C(F)(F)C(F)(F)C(F)(F)C(F)(F)/C=C/C(F)(F)C(F)(F)C(F)(F)C(F)(F)C(F)(F)C(F)(F)F)n1. The van der Waals surface area contributed by atoms with Crippen LogP contribution in [-0.4, -0.2) is 171 Å². The van der Waals surface area contributed by atoms with E-state index in [2.05, 4.69) is 24.4 Å². The van der Waals surface area contributed by atoms with Crippen LogP contribution >= 0.6 is 11.6 Å². The predicted octanol–water partition coefficient (Wildman–Crippen LogP) is 18.3. The van der Waals surface area contributed by atoms with Crippen molar-refractivity contribution in [3.05, 3.63) is 29.6 Å². The van der Waals surface area contributed by atoms with Gasteiger partial charge in [0.15, 0.2) is 0 Å². The molecule has 0 saturated heterocycles. The zero-order valence-electron chi connectivity index (χ0n) is 40.1. The number of hydrogen-bond acceptors (Lipinski definition) is 5. The van der Waals surface area contributed by atoms with Gasteiger partial charge in [-0.25, -0.2) is 0 Å². The molecule has 0 aliphatic carbocycles. The summed E-state index contributed by atoms with van der Waals surface area (Å²) in [5.41, 5.74) is 0. The molecule has 0 aliphatic heterocycles. The molecule has 1 aromatic rings. The summed E-state index contributed by atoms with van der Waals surface area (Å²) in [6, 6.07) is -4.34. The second kappa shape index (κ2) is 23.1. The van der Waals surface area contributed by atoms with Gasteiger partial charge >= 0.3 is 155 Å². The summed E-state index contributed by atoms with van der Waals surface area (Å²) in [4.78, 5) is 7.50. The van der Waals surface area contributed by atoms with Crippen molar-refractivity contribution < 1.29 is 229 Å². The molecule has 0 radical (unpaired) electrons. The van der Waals surface area contributed by atoms with Crippen LogP contribution in [0.4, 0.5) is 220 Å². The summed E-state index contributed by atoms with van der Waals surface area (Å²) >= 11 is 5.08. The first-order chi connectivity index (χ1) is 39.0. The Morgan fingerprint density at radius 3 is 0.571 bits per heavy atom. The van der Waals surface area contributed by atoms with Crippen molar-refractivity contribution in [1.29, 1.82) is 0 Å². The van der Waals surface area contributed by atoms with Crippen molar-refractivity contribution in [1.82, 2.24) is 15.0 Å². The van der Waals surface area contributed by atoms with Crippen LogP contribution in [0.5, 0.6) is 12.0 Å². The van der Waals surface area contributed by atoms with E-state index in [4.69, 9.17) is 11.6 Å². The molecule has 0 spiro atoms. The molecule has 0 amide bonds. The first-order valence-electron chi connectivity index (χ1n) is 20.5. The molecule has 1 heterocycles. The molecular formula is C35H12ClF50N3O2. The van der Waals surface area contributed by atoms with Gasteiger partial charge in [0.1, 0.15) is 0 Å². The monoisotopic (exact) mass is 1490 g/mol. The average molecular weight is 1490 g/mol. The van der Waals surface area contributed by atoms with Gasteiger partial charge in [-0.1, -0.05) is 0 Å². The Morgan fingerprint density at radius 2 is 0.396 bits per heavy atom. The predicted molar refractivity (Wildman–Crippen MR) is 184 cm³/mol. The van der Waals surface area contributed by atoms with Gasteiger partial charge in [0.25, 0.3) is 0 Å². The molecular weight excluding hydrogens is 1480 g/mol. The zero-order chi connectivity index (χ0) is 73.9. The van der Waals surface area contributed by atoms with Crippen LogP contribution in [0.25, 0.3) is 0 Å². The largest absolute Gasteiger partial charge is 0.463 e. The van der Waals surface area contributed by atoms with Gasteiger partial charge in [0.2, 0.25) is 5.28 Å². The average Bonchev–Trinajstić information content (AvgIpc) is 0.731. The number of nitrogens with zero attached hydrogens (tertiary/aromatic N) is 3. The quantitative estimate of drug-likeness (QED) is 0.0567. The Labute approximate surface area is 466 Å². The minimum atomic E-state index is -9.06. The Kier molecular flexibility index (Phi) is 21.3. The summed E-state index contributed by atoms with van der Waals surface area (Å²) in [6.45, 7) is -5.55. The highest BCUT2D eigenvalue weighted by Crippen LogP contribution is 2.66. The number of rotatable bonds is 30. The van der Waals surface area contributed by atoms with Gasteiger partial charge in [0, 0.05) is 0 Å². The van der Waals surface area contributed by atoms with Gasteiger partial charge in [-0.15, -0.1) is 4.98 Å². The molecule has 0 aromatic carbocycles. The third-order valence-corrected chi connectivity index (χ3v) is 11.1. The van der Waals surface area contributed by atoms with E-state index in [9.17, 15) is 220 Å². The van der Waals surface area contributed by atoms with Gasteiger partial charge in [-0.2, -0.15) is 229 Å². The van der Waals surface area contributed by atoms with E-state index in [1.54, 1.807) is 0 Å². The molecule has 56 heteroatoms. The maximum Gasteiger partial charge on any atom is 0.460 e. The van der Waals surface area contributed by atoms with Crippen LogP contribution in [0.1, 0.15) is 12.8 Å². The highest BCUT2D eigenvalue weighted by atomic mass is 35.5. The van der Waals surface area contributed by atoms with Gasteiger partial charge in [-0.3, -0.25) is 0 Å². The Bertz CT molecular complexity index is 2590. The smallest absolute Gasteiger partial charge is 0.460 e. The van der Waals surface area contributed by atoms with Crippen LogP contribution in [0.2, 0.25) is 5.28 Å². The fourth-order valence-corrected chi connectivity index (χ4v) is 5.51. The molecule has 0 aliphatic rings. The summed E-state index contributed by atoms with van der Waals surface area (Å²) in [6.07, 6.45) is -36.3. The van der Waals surface area contributed by atoms with Crippen LogP contribution < -0.4 is 9.47 Å². The third-order valence-electron chi connectivity index (χ3n) is 10.9. The Balaban J connectivity index is 3.50. The molecule has 0 saturated carbocycles. The number of alkyl halides is 50. The lowest BCUT2D eigenvalue weighted by Crippen LogP contribution is -2.70. The van der Waals surface area contributed by atoms with Crippen LogP contribution in [0.3, 0.4) is 0 Å². The maximum absolute atomic E-state index is 14.4. The normalized spacial score (nSPS) is 16.6. The van der Waals surface area contributed by atoms with E-state index in [1.807, 2.05) is 0 Å². The van der Waals surface area contributed by atoms with E-state index in [-0.39, 0.29) is 0 Å². The zero-order valence-corrected chi connectivity index (χ0v) is 40.8. The molecule has 0 bridgehead atoms. The van der Waals surface area contributed by atoms with Crippen molar-refractivity contribution >= 4 is 11.6 Å². The van der Waals surface area contributed by atoms with Crippen molar-refractivity contribution in [2.24, 2.45) is 0 Å². The second-order valence-corrected chi connectivity index (χ2v) is 17.5. The van der Waals surface area contributed by atoms with E-state index < -0.39 is 210 Å². The fourth-order valence-electron chi connectivity index (χ4n) is 5.37. The molecule has 1 aromatic heterocycles. The van der Waals surface area contributed by atoms with Gasteiger partial charge < -0.3 is 9.47 Å². The fraction of sp³-hybridized carbons (Fsp3) is 0.800. The molecule has 91 heavy (non-hydrogen) atoms. The number of halogens is 51. The topological polar surface area (TPSA) is 57.1 Å². The van der Waals surface area contributed by atoms with Crippen LogP contribution in [-0.2, 0) is 0 Å². The molecule has 5 nitrogen and oxygen atoms in total. The number of allylic oxidation sites excluding steroid dienone is 4. The van der Waals surface area contributed by atoms with E-state index >= 15 is 0 Å². The first-order valence-corrected chi connectivity index (χ1v) is 20.9. The summed E-state index contributed by atoms with van der Waals surface area (Å²) in [5, 5.41) is -1.81. The van der Waals surface area contributed by atoms with Crippen molar-refractivity contribution in [3.63, 3.8) is 0 Å². The van der Waals surface area contributed by atoms with Crippen molar-refractivity contribution in [3.8, 4) is 12.0 Å². The van der Waals surface area contributed by atoms with Crippen molar-refractivity contribution in [2.45, 2.75) is 155 Å². The number of ether oxygens (including phenoxy) is 2.